The van der Waals surface area contributed by atoms with Gasteiger partial charge in [0.05, 0.1) is 17.4 Å². The van der Waals surface area contributed by atoms with Crippen LogP contribution in [0.25, 0.3) is 23.1 Å². The Morgan fingerprint density at radius 1 is 0.852 bits per heavy atom. The average molecular weight is 373 g/mol. The first-order valence-electron chi connectivity index (χ1n) is 8.68. The molecule has 27 heavy (non-hydrogen) atoms. The van der Waals surface area contributed by atoms with E-state index in [0.717, 1.165) is 11.1 Å². The molecular weight excluding hydrogens is 356 g/mol. The topological polar surface area (TPSA) is 34.9 Å². The van der Waals surface area contributed by atoms with Crippen LogP contribution in [0.5, 0.6) is 0 Å². The number of fused-ring (bicyclic) bond motifs is 1. The zero-order valence-electron chi connectivity index (χ0n) is 14.5. The van der Waals surface area contributed by atoms with Gasteiger partial charge in [-0.15, -0.1) is 0 Å². The van der Waals surface area contributed by atoms with Gasteiger partial charge in [-0.2, -0.15) is 0 Å². The van der Waals surface area contributed by atoms with Gasteiger partial charge < -0.3 is 0 Å². The quantitative estimate of drug-likeness (QED) is 0.489. The predicted octanol–water partition coefficient (Wildman–Crippen LogP) is 5.27. The van der Waals surface area contributed by atoms with Crippen molar-refractivity contribution in [2.75, 3.05) is 0 Å². The summed E-state index contributed by atoms with van der Waals surface area (Å²) in [7, 11) is 0. The highest BCUT2D eigenvalue weighted by molar-refractivity contribution is 6.32. The number of para-hydroxylation sites is 1. The molecule has 3 aromatic carbocycles. The monoisotopic (exact) mass is 372 g/mol. The molecule has 0 fully saturated rings. The predicted molar refractivity (Wildman–Crippen MR) is 112 cm³/mol. The van der Waals surface area contributed by atoms with E-state index in [1.807, 2.05) is 91.0 Å². The first kappa shape index (κ1) is 17.3. The lowest BCUT2D eigenvalue weighted by Gasteiger charge is -2.11. The summed E-state index contributed by atoms with van der Waals surface area (Å²) in [6.07, 6.45) is 3.73. The normalized spacial score (nSPS) is 11.3. The Kier molecular flexibility index (Phi) is 4.86. The molecule has 0 aliphatic carbocycles. The van der Waals surface area contributed by atoms with Crippen molar-refractivity contribution < 1.29 is 0 Å². The van der Waals surface area contributed by atoms with Crippen molar-refractivity contribution in [3.05, 3.63) is 111 Å². The van der Waals surface area contributed by atoms with Gasteiger partial charge >= 0.3 is 0 Å². The molecule has 1 aromatic heterocycles. The second-order valence-corrected chi connectivity index (χ2v) is 6.63. The molecule has 0 N–H and O–H groups in total. The summed E-state index contributed by atoms with van der Waals surface area (Å²) in [5.41, 5.74) is 2.56. The van der Waals surface area contributed by atoms with Crippen molar-refractivity contribution in [3.8, 4) is 0 Å². The van der Waals surface area contributed by atoms with Crippen LogP contribution in [0.3, 0.4) is 0 Å². The smallest absolute Gasteiger partial charge is 0.261 e. The van der Waals surface area contributed by atoms with Gasteiger partial charge in [-0.05, 0) is 41.5 Å². The van der Waals surface area contributed by atoms with Gasteiger partial charge in [0.25, 0.3) is 5.56 Å². The van der Waals surface area contributed by atoms with Gasteiger partial charge in [0, 0.05) is 5.02 Å². The van der Waals surface area contributed by atoms with Crippen LogP contribution < -0.4 is 5.56 Å². The van der Waals surface area contributed by atoms with Crippen molar-refractivity contribution in [1.29, 1.82) is 0 Å². The number of benzene rings is 3. The largest absolute Gasteiger partial charge is 0.288 e. The van der Waals surface area contributed by atoms with Crippen LogP contribution in [0.1, 0.15) is 17.0 Å². The summed E-state index contributed by atoms with van der Waals surface area (Å²) in [6, 6.07) is 24.9. The maximum absolute atomic E-state index is 13.1. The Bertz CT molecular complexity index is 1180. The van der Waals surface area contributed by atoms with E-state index >= 15 is 0 Å². The van der Waals surface area contributed by atoms with Gasteiger partial charge in [-0.25, -0.2) is 4.98 Å². The van der Waals surface area contributed by atoms with Gasteiger partial charge in [0.2, 0.25) is 0 Å². The van der Waals surface area contributed by atoms with E-state index in [4.69, 9.17) is 16.6 Å². The number of hydrogen-bond donors (Lipinski definition) is 0. The minimum absolute atomic E-state index is 0.0525. The van der Waals surface area contributed by atoms with Crippen molar-refractivity contribution in [3.63, 3.8) is 0 Å². The Labute approximate surface area is 162 Å². The lowest BCUT2D eigenvalue weighted by Crippen LogP contribution is -2.24. The third kappa shape index (κ3) is 3.69. The Morgan fingerprint density at radius 3 is 2.37 bits per heavy atom. The molecule has 0 radical (unpaired) electrons. The van der Waals surface area contributed by atoms with Gasteiger partial charge in [0.15, 0.2) is 0 Å². The fourth-order valence-corrected chi connectivity index (χ4v) is 3.20. The molecule has 0 saturated carbocycles. The SMILES string of the molecule is O=c1c2ccccc2nc(/C=C\c2ccccc2Cl)n1Cc1ccccc1. The fourth-order valence-electron chi connectivity index (χ4n) is 3.01. The molecule has 3 nitrogen and oxygen atoms in total. The second-order valence-electron chi connectivity index (χ2n) is 6.22. The summed E-state index contributed by atoms with van der Waals surface area (Å²) in [5.74, 6) is 0.600. The average Bonchev–Trinajstić information content (AvgIpc) is 2.71. The van der Waals surface area contributed by atoms with E-state index in [-0.39, 0.29) is 5.56 Å². The van der Waals surface area contributed by atoms with Crippen LogP contribution in [0.2, 0.25) is 5.02 Å². The van der Waals surface area contributed by atoms with Crippen LogP contribution in [-0.4, -0.2) is 9.55 Å². The number of nitrogens with zero attached hydrogens (tertiary/aromatic N) is 2. The maximum atomic E-state index is 13.1. The summed E-state index contributed by atoms with van der Waals surface area (Å²) in [6.45, 7) is 0.458. The van der Waals surface area contributed by atoms with Crippen LogP contribution in [0.4, 0.5) is 0 Å². The summed E-state index contributed by atoms with van der Waals surface area (Å²) >= 11 is 6.25. The fraction of sp³-hybridized carbons (Fsp3) is 0.0435. The zero-order chi connectivity index (χ0) is 18.6. The van der Waals surface area contributed by atoms with Crippen molar-refractivity contribution >= 4 is 34.7 Å². The molecule has 4 aromatic rings. The second kappa shape index (κ2) is 7.60. The summed E-state index contributed by atoms with van der Waals surface area (Å²) in [5, 5.41) is 1.27. The Hall–Kier alpha value is -3.17. The van der Waals surface area contributed by atoms with Crippen LogP contribution in [-0.2, 0) is 6.54 Å². The van der Waals surface area contributed by atoms with Crippen LogP contribution >= 0.6 is 11.6 Å². The van der Waals surface area contributed by atoms with E-state index in [2.05, 4.69) is 0 Å². The molecule has 0 aliphatic heterocycles. The first-order valence-corrected chi connectivity index (χ1v) is 9.06. The molecule has 0 unspecified atom stereocenters. The molecule has 0 spiro atoms. The molecule has 4 rings (SSSR count). The molecular formula is C23H17ClN2O. The molecule has 132 valence electrons. The molecule has 0 amide bonds. The molecule has 4 heteroatoms. The first-order chi connectivity index (χ1) is 13.2. The van der Waals surface area contributed by atoms with Crippen molar-refractivity contribution in [2.24, 2.45) is 0 Å². The molecule has 1 heterocycles. The Balaban J connectivity index is 1.86. The summed E-state index contributed by atoms with van der Waals surface area (Å²) in [4.78, 5) is 17.8. The van der Waals surface area contributed by atoms with Gasteiger partial charge in [-0.1, -0.05) is 72.3 Å². The summed E-state index contributed by atoms with van der Waals surface area (Å²) < 4.78 is 1.70. The highest BCUT2D eigenvalue weighted by Gasteiger charge is 2.09. The highest BCUT2D eigenvalue weighted by Crippen LogP contribution is 2.18. The standard InChI is InChI=1S/C23H17ClN2O/c24-20-12-6-4-10-18(20)14-15-22-25-21-13-7-5-11-19(21)23(27)26(22)16-17-8-2-1-3-9-17/h1-15H,16H2/b15-14-. The zero-order valence-corrected chi connectivity index (χ0v) is 15.3. The minimum atomic E-state index is -0.0525. The van der Waals surface area contributed by atoms with E-state index in [0.29, 0.717) is 28.3 Å². The lowest BCUT2D eigenvalue weighted by atomic mass is 10.2. The van der Waals surface area contributed by atoms with Gasteiger partial charge in [-0.3, -0.25) is 9.36 Å². The molecule has 0 atom stereocenters. The lowest BCUT2D eigenvalue weighted by molar-refractivity contribution is 0.738. The van der Waals surface area contributed by atoms with Crippen LogP contribution in [0.15, 0.2) is 83.7 Å². The number of hydrogen-bond acceptors (Lipinski definition) is 2. The molecule has 0 bridgehead atoms. The third-order valence-electron chi connectivity index (χ3n) is 4.39. The maximum Gasteiger partial charge on any atom is 0.261 e. The van der Waals surface area contributed by atoms with E-state index in [1.54, 1.807) is 4.57 Å². The highest BCUT2D eigenvalue weighted by atomic mass is 35.5. The van der Waals surface area contributed by atoms with E-state index < -0.39 is 0 Å². The van der Waals surface area contributed by atoms with Crippen molar-refractivity contribution in [1.82, 2.24) is 9.55 Å². The van der Waals surface area contributed by atoms with E-state index in [1.165, 1.54) is 0 Å². The number of halogens is 1. The molecule has 0 aliphatic rings. The van der Waals surface area contributed by atoms with Crippen molar-refractivity contribution in [2.45, 2.75) is 6.54 Å². The van der Waals surface area contributed by atoms with E-state index in [9.17, 15) is 4.79 Å². The third-order valence-corrected chi connectivity index (χ3v) is 4.74. The minimum Gasteiger partial charge on any atom is -0.288 e. The Morgan fingerprint density at radius 2 is 1.56 bits per heavy atom. The van der Waals surface area contributed by atoms with Crippen LogP contribution in [0, 0.1) is 0 Å². The molecule has 0 saturated heterocycles. The number of rotatable bonds is 4. The van der Waals surface area contributed by atoms with Gasteiger partial charge in [0.1, 0.15) is 5.82 Å². The number of aromatic nitrogens is 2.